The van der Waals surface area contributed by atoms with Crippen LogP contribution in [-0.2, 0) is 0 Å². The Hall–Kier alpha value is -1.32. The van der Waals surface area contributed by atoms with Crippen LogP contribution in [0.1, 0.15) is 58.1 Å². The summed E-state index contributed by atoms with van der Waals surface area (Å²) in [7, 11) is 0. The second-order valence-corrected chi connectivity index (χ2v) is 5.15. The third kappa shape index (κ3) is 2.87. The van der Waals surface area contributed by atoms with Crippen molar-refractivity contribution in [3.63, 3.8) is 0 Å². The van der Waals surface area contributed by atoms with Gasteiger partial charge in [-0.15, -0.1) is 0 Å². The van der Waals surface area contributed by atoms with E-state index in [-0.39, 0.29) is 24.0 Å². The molecule has 0 spiro atoms. The molecule has 0 aliphatic heterocycles. The molecule has 1 amide bonds. The molecule has 96 valence electrons. The maximum atomic E-state index is 12.5. The van der Waals surface area contributed by atoms with E-state index >= 15 is 0 Å². The fourth-order valence-electron chi connectivity index (χ4n) is 2.09. The predicted octanol–water partition coefficient (Wildman–Crippen LogP) is 2.72. The molecular formula is C13H23N3O. The smallest absolute Gasteiger partial charge is 0.272 e. The number of amides is 1. The molecule has 4 nitrogen and oxygen atoms in total. The molecule has 1 aromatic rings. The molecule has 1 aromatic heterocycles. The van der Waals surface area contributed by atoms with Crippen LogP contribution in [0.25, 0.3) is 0 Å². The Morgan fingerprint density at radius 1 is 1.18 bits per heavy atom. The van der Waals surface area contributed by atoms with Gasteiger partial charge in [0.25, 0.3) is 5.91 Å². The van der Waals surface area contributed by atoms with Gasteiger partial charge in [-0.05, 0) is 47.6 Å². The highest BCUT2D eigenvalue weighted by Crippen LogP contribution is 2.15. The van der Waals surface area contributed by atoms with E-state index in [1.54, 1.807) is 16.9 Å². The summed E-state index contributed by atoms with van der Waals surface area (Å²) in [5.74, 6) is 0.0567. The molecule has 4 heteroatoms. The zero-order chi connectivity index (χ0) is 13.2. The first kappa shape index (κ1) is 13.7. The van der Waals surface area contributed by atoms with Crippen LogP contribution in [0.15, 0.2) is 12.3 Å². The Balaban J connectivity index is 3.06. The van der Waals surface area contributed by atoms with Crippen LogP contribution < -0.4 is 0 Å². The van der Waals surface area contributed by atoms with E-state index in [9.17, 15) is 4.79 Å². The number of aromatic nitrogens is 2. The van der Waals surface area contributed by atoms with Gasteiger partial charge in [-0.3, -0.25) is 9.48 Å². The maximum absolute atomic E-state index is 12.5. The second-order valence-electron chi connectivity index (χ2n) is 5.15. The minimum atomic E-state index is 0.0567. The third-order valence-corrected chi connectivity index (χ3v) is 2.73. The Labute approximate surface area is 104 Å². The minimum Gasteiger partial charge on any atom is -0.332 e. The molecule has 0 atom stereocenters. The second kappa shape index (κ2) is 5.34. The summed E-state index contributed by atoms with van der Waals surface area (Å²) in [4.78, 5) is 14.4. The molecule has 0 saturated carbocycles. The molecule has 0 bridgehead atoms. The van der Waals surface area contributed by atoms with Crippen molar-refractivity contribution >= 4 is 5.91 Å². The van der Waals surface area contributed by atoms with Crippen molar-refractivity contribution in [2.24, 2.45) is 0 Å². The van der Waals surface area contributed by atoms with Gasteiger partial charge in [-0.1, -0.05) is 0 Å². The Kier molecular flexibility index (Phi) is 4.32. The van der Waals surface area contributed by atoms with E-state index in [1.165, 1.54) is 0 Å². The van der Waals surface area contributed by atoms with E-state index in [0.717, 1.165) is 0 Å². The lowest BCUT2D eigenvalue weighted by Gasteiger charge is -2.31. The van der Waals surface area contributed by atoms with Gasteiger partial charge in [-0.25, -0.2) is 0 Å². The molecule has 0 aromatic carbocycles. The maximum Gasteiger partial charge on any atom is 0.272 e. The van der Waals surface area contributed by atoms with Gasteiger partial charge in [0.2, 0.25) is 0 Å². The first-order valence-corrected chi connectivity index (χ1v) is 6.22. The monoisotopic (exact) mass is 237 g/mol. The van der Waals surface area contributed by atoms with Crippen molar-refractivity contribution in [1.82, 2.24) is 14.7 Å². The van der Waals surface area contributed by atoms with Crippen LogP contribution in [0.4, 0.5) is 0 Å². The van der Waals surface area contributed by atoms with Gasteiger partial charge in [-0.2, -0.15) is 5.10 Å². The first-order chi connectivity index (χ1) is 7.86. The molecular weight excluding hydrogens is 214 g/mol. The van der Waals surface area contributed by atoms with E-state index in [2.05, 4.69) is 5.10 Å². The van der Waals surface area contributed by atoms with Crippen molar-refractivity contribution in [2.75, 3.05) is 0 Å². The standard InChI is InChI=1S/C13H23N3O/c1-9(2)15(10(3)4)13(17)12-7-8-14-16(12)11(5)6/h7-11H,1-6H3. The summed E-state index contributed by atoms with van der Waals surface area (Å²) in [5, 5.41) is 4.21. The molecule has 0 unspecified atom stereocenters. The lowest BCUT2D eigenvalue weighted by Crippen LogP contribution is -2.43. The van der Waals surface area contributed by atoms with Crippen molar-refractivity contribution in [3.05, 3.63) is 18.0 Å². The van der Waals surface area contributed by atoms with E-state index in [0.29, 0.717) is 5.69 Å². The van der Waals surface area contributed by atoms with Crippen LogP contribution in [0.2, 0.25) is 0 Å². The number of rotatable bonds is 4. The Morgan fingerprint density at radius 2 is 1.71 bits per heavy atom. The quantitative estimate of drug-likeness (QED) is 0.807. The third-order valence-electron chi connectivity index (χ3n) is 2.73. The summed E-state index contributed by atoms with van der Waals surface area (Å²) >= 11 is 0. The number of carbonyl (C=O) groups excluding carboxylic acids is 1. The lowest BCUT2D eigenvalue weighted by atomic mass is 10.2. The summed E-state index contributed by atoms with van der Waals surface area (Å²) < 4.78 is 1.78. The average molecular weight is 237 g/mol. The molecule has 0 saturated heterocycles. The summed E-state index contributed by atoms with van der Waals surface area (Å²) in [6, 6.07) is 2.38. The van der Waals surface area contributed by atoms with Crippen LogP contribution in [0, 0.1) is 0 Å². The minimum absolute atomic E-state index is 0.0567. The predicted molar refractivity (Wildman–Crippen MR) is 69.1 cm³/mol. The molecule has 0 aliphatic carbocycles. The highest BCUT2D eigenvalue weighted by molar-refractivity contribution is 5.93. The van der Waals surface area contributed by atoms with Gasteiger partial charge in [0, 0.05) is 24.3 Å². The van der Waals surface area contributed by atoms with E-state index < -0.39 is 0 Å². The highest BCUT2D eigenvalue weighted by Gasteiger charge is 2.24. The average Bonchev–Trinajstić information content (AvgIpc) is 2.63. The first-order valence-electron chi connectivity index (χ1n) is 6.22. The van der Waals surface area contributed by atoms with Gasteiger partial charge < -0.3 is 4.90 Å². The summed E-state index contributed by atoms with van der Waals surface area (Å²) in [6.45, 7) is 12.2. The normalized spacial score (nSPS) is 11.6. The van der Waals surface area contributed by atoms with E-state index in [1.807, 2.05) is 46.4 Å². The Bertz CT molecular complexity index is 372. The topological polar surface area (TPSA) is 38.1 Å². The molecule has 0 N–H and O–H groups in total. The number of nitrogens with zero attached hydrogens (tertiary/aromatic N) is 3. The number of carbonyl (C=O) groups is 1. The Morgan fingerprint density at radius 3 is 2.12 bits per heavy atom. The van der Waals surface area contributed by atoms with Crippen molar-refractivity contribution in [1.29, 1.82) is 0 Å². The number of hydrogen-bond acceptors (Lipinski definition) is 2. The fourth-order valence-corrected chi connectivity index (χ4v) is 2.09. The van der Waals surface area contributed by atoms with Crippen molar-refractivity contribution in [2.45, 2.75) is 59.7 Å². The molecule has 17 heavy (non-hydrogen) atoms. The van der Waals surface area contributed by atoms with Crippen LogP contribution >= 0.6 is 0 Å². The van der Waals surface area contributed by atoms with E-state index in [4.69, 9.17) is 0 Å². The van der Waals surface area contributed by atoms with Crippen LogP contribution in [-0.4, -0.2) is 32.7 Å². The lowest BCUT2D eigenvalue weighted by molar-refractivity contribution is 0.0628. The molecule has 0 aliphatic rings. The highest BCUT2D eigenvalue weighted by atomic mass is 16.2. The SMILES string of the molecule is CC(C)N(C(=O)c1ccnn1C(C)C)C(C)C. The van der Waals surface area contributed by atoms with Gasteiger partial charge in [0.15, 0.2) is 0 Å². The van der Waals surface area contributed by atoms with Crippen molar-refractivity contribution in [3.8, 4) is 0 Å². The van der Waals surface area contributed by atoms with Crippen LogP contribution in [0.5, 0.6) is 0 Å². The zero-order valence-electron chi connectivity index (χ0n) is 11.6. The zero-order valence-corrected chi connectivity index (χ0v) is 11.6. The summed E-state index contributed by atoms with van der Waals surface area (Å²) in [5.41, 5.74) is 0.669. The molecule has 0 radical (unpaired) electrons. The van der Waals surface area contributed by atoms with Crippen LogP contribution in [0.3, 0.4) is 0 Å². The molecule has 0 fully saturated rings. The fraction of sp³-hybridized carbons (Fsp3) is 0.692. The van der Waals surface area contributed by atoms with Gasteiger partial charge in [0.05, 0.1) is 0 Å². The number of hydrogen-bond donors (Lipinski definition) is 0. The molecule has 1 heterocycles. The summed E-state index contributed by atoms with van der Waals surface area (Å²) in [6.07, 6.45) is 1.69. The van der Waals surface area contributed by atoms with Gasteiger partial charge in [0.1, 0.15) is 5.69 Å². The van der Waals surface area contributed by atoms with Crippen molar-refractivity contribution < 1.29 is 4.79 Å². The van der Waals surface area contributed by atoms with Gasteiger partial charge >= 0.3 is 0 Å². The molecule has 1 rings (SSSR count). The largest absolute Gasteiger partial charge is 0.332 e.